The molecule has 4 rings (SSSR count). The van der Waals surface area contributed by atoms with Gasteiger partial charge in [0.2, 0.25) is 11.6 Å². The van der Waals surface area contributed by atoms with E-state index in [1.54, 1.807) is 19.1 Å². The second kappa shape index (κ2) is 8.95. The lowest BCUT2D eigenvalue weighted by molar-refractivity contribution is 0.0975. The van der Waals surface area contributed by atoms with E-state index < -0.39 is 23.1 Å². The summed E-state index contributed by atoms with van der Waals surface area (Å²) in [6, 6.07) is 9.35. The number of phenols is 4. The molecule has 0 heterocycles. The molecule has 0 aliphatic heterocycles. The van der Waals surface area contributed by atoms with Gasteiger partial charge >= 0.3 is 0 Å². The van der Waals surface area contributed by atoms with Crippen molar-refractivity contribution in [2.75, 3.05) is 23.8 Å². The van der Waals surface area contributed by atoms with Gasteiger partial charge in [-0.1, -0.05) is 0 Å². The fraction of sp³-hybridized carbons (Fsp3) is 0.200. The number of hydrogen-bond donors (Lipinski definition) is 7. The van der Waals surface area contributed by atoms with Gasteiger partial charge in [-0.2, -0.15) is 0 Å². The Kier molecular flexibility index (Phi) is 6.04. The van der Waals surface area contributed by atoms with Crippen LogP contribution in [0.25, 0.3) is 0 Å². The molecule has 7 N–H and O–H groups in total. The number of benzene rings is 3. The van der Waals surface area contributed by atoms with E-state index >= 15 is 0 Å². The van der Waals surface area contributed by atoms with Gasteiger partial charge in [0.05, 0.1) is 28.9 Å². The normalized spacial score (nSPS) is 13.2. The summed E-state index contributed by atoms with van der Waals surface area (Å²) in [5.74, 6) is -2.10. The smallest absolute Gasteiger partial charge is 0.200 e. The summed E-state index contributed by atoms with van der Waals surface area (Å²) in [5.41, 5.74) is 0.601. The van der Waals surface area contributed by atoms with Crippen molar-refractivity contribution >= 4 is 22.9 Å². The fourth-order valence-corrected chi connectivity index (χ4v) is 4.20. The Balaban J connectivity index is 1.78. The summed E-state index contributed by atoms with van der Waals surface area (Å²) in [7, 11) is 0. The highest BCUT2D eigenvalue weighted by Gasteiger charge is 2.38. The fourth-order valence-electron chi connectivity index (χ4n) is 4.20. The number of aromatic hydroxyl groups is 4. The number of anilines is 2. The molecule has 9 nitrogen and oxygen atoms in total. The number of aliphatic hydroxyl groups is 1. The largest absolute Gasteiger partial charge is 0.508 e. The van der Waals surface area contributed by atoms with Crippen LogP contribution in [-0.4, -0.2) is 56.3 Å². The van der Waals surface area contributed by atoms with Crippen LogP contribution in [0.15, 0.2) is 42.5 Å². The van der Waals surface area contributed by atoms with Crippen molar-refractivity contribution in [1.82, 2.24) is 0 Å². The Morgan fingerprint density at radius 3 is 1.94 bits per heavy atom. The van der Waals surface area contributed by atoms with Gasteiger partial charge in [-0.25, -0.2) is 0 Å². The molecule has 0 bridgehead atoms. The zero-order valence-electron chi connectivity index (χ0n) is 18.3. The SMILES string of the molecule is CC(Cc1cc(O)ccc1O)Nc1ccc(NCCO)c2c1C(=O)c1c(O)ccc(O)c1C2=O. The van der Waals surface area contributed by atoms with Gasteiger partial charge in [0.1, 0.15) is 23.0 Å². The van der Waals surface area contributed by atoms with E-state index in [9.17, 15) is 35.1 Å². The molecule has 1 unspecified atom stereocenters. The number of rotatable bonds is 7. The predicted octanol–water partition coefficient (Wildman–Crippen LogP) is 2.73. The quantitative estimate of drug-likeness (QED) is 0.204. The van der Waals surface area contributed by atoms with Crippen LogP contribution >= 0.6 is 0 Å². The van der Waals surface area contributed by atoms with Gasteiger partial charge in [-0.05, 0) is 61.4 Å². The molecule has 3 aromatic carbocycles. The first-order valence-corrected chi connectivity index (χ1v) is 10.7. The van der Waals surface area contributed by atoms with Crippen LogP contribution in [0.4, 0.5) is 11.4 Å². The lowest BCUT2D eigenvalue weighted by Crippen LogP contribution is -2.27. The van der Waals surface area contributed by atoms with E-state index in [4.69, 9.17) is 0 Å². The van der Waals surface area contributed by atoms with Crippen LogP contribution < -0.4 is 10.6 Å². The predicted molar refractivity (Wildman–Crippen MR) is 125 cm³/mol. The van der Waals surface area contributed by atoms with Gasteiger partial charge in [-0.15, -0.1) is 0 Å². The molecule has 0 fully saturated rings. The Labute approximate surface area is 194 Å². The highest BCUT2D eigenvalue weighted by molar-refractivity contribution is 6.33. The Morgan fingerprint density at radius 1 is 0.765 bits per heavy atom. The van der Waals surface area contributed by atoms with Crippen molar-refractivity contribution in [3.05, 3.63) is 70.3 Å². The van der Waals surface area contributed by atoms with Crippen molar-refractivity contribution < 1.29 is 35.1 Å². The molecule has 0 saturated heterocycles. The van der Waals surface area contributed by atoms with E-state index in [2.05, 4.69) is 10.6 Å². The van der Waals surface area contributed by atoms with Crippen LogP contribution in [0.5, 0.6) is 23.0 Å². The molecule has 1 aliphatic rings. The van der Waals surface area contributed by atoms with Gasteiger partial charge in [0.25, 0.3) is 0 Å². The van der Waals surface area contributed by atoms with E-state index in [-0.39, 0.29) is 52.9 Å². The maximum absolute atomic E-state index is 13.5. The van der Waals surface area contributed by atoms with E-state index in [0.29, 0.717) is 23.4 Å². The van der Waals surface area contributed by atoms with Crippen molar-refractivity contribution in [2.24, 2.45) is 0 Å². The third-order valence-corrected chi connectivity index (χ3v) is 5.69. The second-order valence-electron chi connectivity index (χ2n) is 8.14. The standard InChI is InChI=1S/C25H24N2O7/c1-12(10-13-11-14(29)2-5-17(13)30)27-16-4-3-15(26-8-9-28)20-21(16)25(34)23-19(32)7-6-18(31)22(23)24(20)33/h2-7,11-12,26-32H,8-10H2,1H3. The molecule has 1 aliphatic carbocycles. The first-order valence-electron chi connectivity index (χ1n) is 10.7. The van der Waals surface area contributed by atoms with E-state index in [0.717, 1.165) is 12.1 Å². The average molecular weight is 464 g/mol. The summed E-state index contributed by atoms with van der Waals surface area (Å²) in [6.45, 7) is 1.73. The minimum Gasteiger partial charge on any atom is -0.508 e. The molecule has 1 atom stereocenters. The lowest BCUT2D eigenvalue weighted by atomic mass is 9.81. The molecule has 0 aromatic heterocycles. The minimum atomic E-state index is -0.639. The summed E-state index contributed by atoms with van der Waals surface area (Å²) in [4.78, 5) is 26.9. The number of fused-ring (bicyclic) bond motifs is 2. The van der Waals surface area contributed by atoms with Crippen LogP contribution in [0.3, 0.4) is 0 Å². The molecular weight excluding hydrogens is 440 g/mol. The number of hydrogen-bond acceptors (Lipinski definition) is 9. The first-order chi connectivity index (χ1) is 16.2. The Morgan fingerprint density at radius 2 is 1.32 bits per heavy atom. The average Bonchev–Trinajstić information content (AvgIpc) is 2.80. The zero-order chi connectivity index (χ0) is 24.6. The molecule has 0 saturated carbocycles. The van der Waals surface area contributed by atoms with Gasteiger partial charge in [0.15, 0.2) is 0 Å². The Hall–Kier alpha value is -4.24. The monoisotopic (exact) mass is 464 g/mol. The number of carbonyl (C=O) groups is 2. The van der Waals surface area contributed by atoms with Crippen molar-refractivity contribution in [3.63, 3.8) is 0 Å². The number of carbonyl (C=O) groups excluding carboxylic acids is 2. The molecule has 0 spiro atoms. The number of phenolic OH excluding ortho intramolecular Hbond substituents is 4. The lowest BCUT2D eigenvalue weighted by Gasteiger charge is -2.26. The van der Waals surface area contributed by atoms with Crippen LogP contribution in [0.1, 0.15) is 44.3 Å². The summed E-state index contributed by atoms with van der Waals surface area (Å²) >= 11 is 0. The summed E-state index contributed by atoms with van der Waals surface area (Å²) in [5, 5.41) is 55.7. The summed E-state index contributed by atoms with van der Waals surface area (Å²) < 4.78 is 0. The molecule has 9 heteroatoms. The molecular formula is C25H24N2O7. The molecule has 0 radical (unpaired) electrons. The Bertz CT molecular complexity index is 1300. The van der Waals surface area contributed by atoms with Crippen LogP contribution in [-0.2, 0) is 6.42 Å². The highest BCUT2D eigenvalue weighted by Crippen LogP contribution is 2.42. The molecule has 34 heavy (non-hydrogen) atoms. The van der Waals surface area contributed by atoms with Gasteiger partial charge in [-0.3, -0.25) is 9.59 Å². The van der Waals surface area contributed by atoms with Crippen LogP contribution in [0, 0.1) is 0 Å². The highest BCUT2D eigenvalue weighted by atomic mass is 16.3. The van der Waals surface area contributed by atoms with Crippen LogP contribution in [0.2, 0.25) is 0 Å². The molecule has 0 amide bonds. The third-order valence-electron chi connectivity index (χ3n) is 5.69. The molecule has 3 aromatic rings. The van der Waals surface area contributed by atoms with Gasteiger partial charge in [0, 0.05) is 24.0 Å². The second-order valence-corrected chi connectivity index (χ2v) is 8.14. The first kappa shape index (κ1) is 22.9. The third kappa shape index (κ3) is 3.97. The van der Waals surface area contributed by atoms with E-state index in [1.807, 2.05) is 0 Å². The number of aliphatic hydroxyl groups excluding tert-OH is 1. The summed E-state index contributed by atoms with van der Waals surface area (Å²) in [6.07, 6.45) is 0.296. The van der Waals surface area contributed by atoms with Crippen molar-refractivity contribution in [2.45, 2.75) is 19.4 Å². The zero-order valence-corrected chi connectivity index (χ0v) is 18.3. The number of ketones is 2. The number of nitrogens with one attached hydrogen (secondary N) is 2. The topological polar surface area (TPSA) is 159 Å². The van der Waals surface area contributed by atoms with Crippen molar-refractivity contribution in [1.29, 1.82) is 0 Å². The maximum Gasteiger partial charge on any atom is 0.200 e. The van der Waals surface area contributed by atoms with Gasteiger partial charge < -0.3 is 36.2 Å². The van der Waals surface area contributed by atoms with Crippen molar-refractivity contribution in [3.8, 4) is 23.0 Å². The van der Waals surface area contributed by atoms with E-state index in [1.165, 1.54) is 18.2 Å². The minimum absolute atomic E-state index is 0.00403. The maximum atomic E-state index is 13.5. The molecule has 176 valence electrons.